The third-order valence-corrected chi connectivity index (χ3v) is 2.48. The van der Waals surface area contributed by atoms with E-state index in [-0.39, 0.29) is 0 Å². The first-order valence-corrected chi connectivity index (χ1v) is 4.39. The molecule has 0 aromatic heterocycles. The van der Waals surface area contributed by atoms with Crippen LogP contribution in [0.5, 0.6) is 0 Å². The van der Waals surface area contributed by atoms with Crippen molar-refractivity contribution in [3.63, 3.8) is 0 Å². The van der Waals surface area contributed by atoms with Gasteiger partial charge in [-0.3, -0.25) is 9.11 Å². The Morgan fingerprint density at radius 3 is 3.22 bits per heavy atom. The lowest BCUT2D eigenvalue weighted by molar-refractivity contribution is 0.0685. The van der Waals surface area contributed by atoms with E-state index in [4.69, 9.17) is 4.74 Å². The molecule has 54 valence electrons. The molecule has 0 aliphatic carbocycles. The number of ether oxygens (including phenoxy) is 1. The van der Waals surface area contributed by atoms with Crippen molar-refractivity contribution in [3.05, 3.63) is 0 Å². The Balaban J connectivity index is 2.37. The Morgan fingerprint density at radius 1 is 1.67 bits per heavy atom. The Labute approximate surface area is 57.4 Å². The molecule has 0 bridgehead atoms. The molecule has 0 spiro atoms. The molecule has 1 aliphatic rings. The second-order valence-electron chi connectivity index (χ2n) is 2.17. The molecular formula is C5H11NO2S. The average molecular weight is 149 g/mol. The highest BCUT2D eigenvalue weighted by Gasteiger charge is 2.08. The Bertz CT molecular complexity index is 118. The van der Waals surface area contributed by atoms with Gasteiger partial charge in [-0.05, 0) is 7.05 Å². The van der Waals surface area contributed by atoms with Gasteiger partial charge in [0.1, 0.15) is 0 Å². The number of rotatable bonds is 0. The minimum atomic E-state index is -0.687. The van der Waals surface area contributed by atoms with Crippen molar-refractivity contribution in [2.45, 2.75) is 0 Å². The first kappa shape index (κ1) is 7.18. The van der Waals surface area contributed by atoms with Crippen molar-refractivity contribution in [3.8, 4) is 0 Å². The van der Waals surface area contributed by atoms with Crippen LogP contribution in [0.1, 0.15) is 0 Å². The highest BCUT2D eigenvalue weighted by atomic mass is 32.2. The van der Waals surface area contributed by atoms with Gasteiger partial charge in [0.25, 0.3) is 0 Å². The maximum Gasteiger partial charge on any atom is 0.0995 e. The molecule has 1 atom stereocenters. The van der Waals surface area contributed by atoms with Gasteiger partial charge < -0.3 is 4.74 Å². The van der Waals surface area contributed by atoms with E-state index >= 15 is 0 Å². The zero-order valence-corrected chi connectivity index (χ0v) is 6.32. The Morgan fingerprint density at radius 2 is 2.44 bits per heavy atom. The SMILES string of the molecule is CN1COCCS(=O)C1. The summed E-state index contributed by atoms with van der Waals surface area (Å²) in [7, 11) is 1.22. The molecule has 1 heterocycles. The van der Waals surface area contributed by atoms with Gasteiger partial charge in [-0.2, -0.15) is 0 Å². The Kier molecular flexibility index (Phi) is 2.63. The molecule has 0 radical (unpaired) electrons. The van der Waals surface area contributed by atoms with Crippen molar-refractivity contribution in [1.82, 2.24) is 4.90 Å². The Hall–Kier alpha value is 0.0700. The maximum absolute atomic E-state index is 10.9. The lowest BCUT2D eigenvalue weighted by Gasteiger charge is -2.09. The molecule has 0 aromatic carbocycles. The molecule has 1 rings (SSSR count). The summed E-state index contributed by atoms with van der Waals surface area (Å²) in [6.45, 7) is 1.25. The second-order valence-corrected chi connectivity index (χ2v) is 3.71. The fraction of sp³-hybridized carbons (Fsp3) is 1.00. The fourth-order valence-electron chi connectivity index (χ4n) is 0.720. The molecule has 4 heteroatoms. The first-order chi connectivity index (χ1) is 4.29. The van der Waals surface area contributed by atoms with E-state index < -0.39 is 10.8 Å². The van der Waals surface area contributed by atoms with E-state index in [1.54, 1.807) is 0 Å². The van der Waals surface area contributed by atoms with E-state index in [2.05, 4.69) is 0 Å². The van der Waals surface area contributed by atoms with Crippen molar-refractivity contribution in [1.29, 1.82) is 0 Å². The topological polar surface area (TPSA) is 29.5 Å². The van der Waals surface area contributed by atoms with Gasteiger partial charge in [-0.15, -0.1) is 0 Å². The van der Waals surface area contributed by atoms with Crippen molar-refractivity contribution in [2.24, 2.45) is 0 Å². The molecule has 1 unspecified atom stereocenters. The molecule has 0 N–H and O–H groups in total. The summed E-state index contributed by atoms with van der Waals surface area (Å²) >= 11 is 0. The van der Waals surface area contributed by atoms with Crippen LogP contribution in [0.4, 0.5) is 0 Å². The van der Waals surface area contributed by atoms with Gasteiger partial charge in [-0.25, -0.2) is 0 Å². The molecule has 1 aliphatic heterocycles. The van der Waals surface area contributed by atoms with E-state index in [0.29, 0.717) is 25.0 Å². The first-order valence-electron chi connectivity index (χ1n) is 2.90. The van der Waals surface area contributed by atoms with Crippen molar-refractivity contribution < 1.29 is 8.95 Å². The monoisotopic (exact) mass is 149 g/mol. The summed E-state index contributed by atoms with van der Waals surface area (Å²) in [6, 6.07) is 0. The molecule has 1 saturated heterocycles. The van der Waals surface area contributed by atoms with E-state index in [0.717, 1.165) is 0 Å². The summed E-state index contributed by atoms with van der Waals surface area (Å²) < 4.78 is 16.0. The van der Waals surface area contributed by atoms with E-state index in [1.807, 2.05) is 11.9 Å². The third-order valence-electron chi connectivity index (χ3n) is 1.13. The fourth-order valence-corrected chi connectivity index (χ4v) is 1.72. The molecule has 1 fully saturated rings. The van der Waals surface area contributed by atoms with Gasteiger partial charge in [0.05, 0.1) is 19.2 Å². The van der Waals surface area contributed by atoms with Gasteiger partial charge in [-0.1, -0.05) is 0 Å². The van der Waals surface area contributed by atoms with Crippen LogP contribution in [-0.4, -0.2) is 41.1 Å². The van der Waals surface area contributed by atoms with Crippen molar-refractivity contribution >= 4 is 10.8 Å². The lowest BCUT2D eigenvalue weighted by Crippen LogP contribution is -2.22. The van der Waals surface area contributed by atoms with Gasteiger partial charge in [0, 0.05) is 16.6 Å². The minimum absolute atomic E-state index is 0.617. The molecule has 0 aromatic rings. The second kappa shape index (κ2) is 3.29. The van der Waals surface area contributed by atoms with Gasteiger partial charge >= 0.3 is 0 Å². The van der Waals surface area contributed by atoms with Crippen LogP contribution in [0.25, 0.3) is 0 Å². The molecular weight excluding hydrogens is 138 g/mol. The smallest absolute Gasteiger partial charge is 0.0995 e. The van der Waals surface area contributed by atoms with Crippen LogP contribution in [-0.2, 0) is 15.5 Å². The van der Waals surface area contributed by atoms with Gasteiger partial charge in [0.2, 0.25) is 0 Å². The van der Waals surface area contributed by atoms with Crippen LogP contribution < -0.4 is 0 Å². The summed E-state index contributed by atoms with van der Waals surface area (Å²) in [5.41, 5.74) is 0. The van der Waals surface area contributed by atoms with Crippen LogP contribution in [0, 0.1) is 0 Å². The summed E-state index contributed by atoms with van der Waals surface area (Å²) in [4.78, 5) is 1.92. The molecule has 0 amide bonds. The van der Waals surface area contributed by atoms with Crippen molar-refractivity contribution in [2.75, 3.05) is 32.0 Å². The van der Waals surface area contributed by atoms with E-state index in [9.17, 15) is 4.21 Å². The van der Waals surface area contributed by atoms with Crippen LogP contribution in [0.15, 0.2) is 0 Å². The maximum atomic E-state index is 10.9. The average Bonchev–Trinajstić information content (AvgIpc) is 1.93. The minimum Gasteiger partial charge on any atom is -0.365 e. The normalized spacial score (nSPS) is 31.9. The quantitative estimate of drug-likeness (QED) is 0.470. The zero-order chi connectivity index (χ0) is 6.69. The van der Waals surface area contributed by atoms with Crippen LogP contribution >= 0.6 is 0 Å². The predicted octanol–water partition coefficient (Wildman–Crippen LogP) is -0.388. The van der Waals surface area contributed by atoms with Crippen LogP contribution in [0.3, 0.4) is 0 Å². The van der Waals surface area contributed by atoms with Crippen LogP contribution in [0.2, 0.25) is 0 Å². The highest BCUT2D eigenvalue weighted by molar-refractivity contribution is 7.84. The standard InChI is InChI=1S/C5H11NO2S/c1-6-4-8-2-3-9(7)5-6/h2-5H2,1H3. The summed E-state index contributed by atoms with van der Waals surface area (Å²) in [6.07, 6.45) is 0. The number of hydrogen-bond donors (Lipinski definition) is 0. The largest absolute Gasteiger partial charge is 0.365 e. The predicted molar refractivity (Wildman–Crippen MR) is 36.5 cm³/mol. The lowest BCUT2D eigenvalue weighted by atomic mass is 10.8. The summed E-state index contributed by atoms with van der Waals surface area (Å²) in [5, 5.41) is 0. The molecule has 9 heavy (non-hydrogen) atoms. The highest BCUT2D eigenvalue weighted by Crippen LogP contribution is 1.95. The zero-order valence-electron chi connectivity index (χ0n) is 5.50. The third kappa shape index (κ3) is 2.43. The van der Waals surface area contributed by atoms with Gasteiger partial charge in [0.15, 0.2) is 0 Å². The number of hydrogen-bond acceptors (Lipinski definition) is 3. The molecule has 3 nitrogen and oxygen atoms in total. The number of nitrogens with zero attached hydrogens (tertiary/aromatic N) is 1. The molecule has 0 saturated carbocycles. The summed E-state index contributed by atoms with van der Waals surface area (Å²) in [5.74, 6) is 1.34. The van der Waals surface area contributed by atoms with E-state index in [1.165, 1.54) is 0 Å².